The summed E-state index contributed by atoms with van der Waals surface area (Å²) < 4.78 is 22.7. The van der Waals surface area contributed by atoms with Crippen molar-refractivity contribution in [3.8, 4) is 34.2 Å². The van der Waals surface area contributed by atoms with Gasteiger partial charge in [-0.15, -0.1) is 0 Å². The van der Waals surface area contributed by atoms with E-state index in [1.54, 1.807) is 6.07 Å². The van der Waals surface area contributed by atoms with E-state index >= 15 is 0 Å². The predicted octanol–water partition coefficient (Wildman–Crippen LogP) is 4.21. The lowest BCUT2D eigenvalue weighted by atomic mass is 9.96. The fourth-order valence-electron chi connectivity index (χ4n) is 5.07. The van der Waals surface area contributed by atoms with Crippen LogP contribution in [0, 0.1) is 23.1 Å². The second-order valence-corrected chi connectivity index (χ2v) is 9.23. The van der Waals surface area contributed by atoms with Crippen molar-refractivity contribution >= 4 is 16.7 Å². The van der Waals surface area contributed by atoms with Gasteiger partial charge in [0, 0.05) is 24.7 Å². The van der Waals surface area contributed by atoms with E-state index in [1.165, 1.54) is 12.1 Å². The Bertz CT molecular complexity index is 1470. The van der Waals surface area contributed by atoms with E-state index in [4.69, 9.17) is 14.7 Å². The second-order valence-electron chi connectivity index (χ2n) is 9.23. The summed E-state index contributed by atoms with van der Waals surface area (Å²) in [6.07, 6.45) is 4.85. The molecule has 0 saturated carbocycles. The van der Waals surface area contributed by atoms with Gasteiger partial charge in [-0.1, -0.05) is 6.07 Å². The molecule has 2 aromatic heterocycles. The number of aromatic nitrogens is 3. The van der Waals surface area contributed by atoms with Gasteiger partial charge in [0.25, 0.3) is 0 Å². The number of anilines is 1. The summed E-state index contributed by atoms with van der Waals surface area (Å²) in [6.45, 7) is 4.33. The van der Waals surface area contributed by atoms with Crippen molar-refractivity contribution in [3.63, 3.8) is 0 Å². The van der Waals surface area contributed by atoms with Crippen LogP contribution in [-0.4, -0.2) is 47.8 Å². The lowest BCUT2D eigenvalue weighted by Gasteiger charge is -2.28. The smallest absolute Gasteiger partial charge is 0.142 e. The van der Waals surface area contributed by atoms with Crippen LogP contribution in [0.5, 0.6) is 5.75 Å². The van der Waals surface area contributed by atoms with Gasteiger partial charge in [-0.05, 0) is 61.3 Å². The number of hydrogen-bond acceptors (Lipinski definition) is 6. The number of imidazole rings is 1. The van der Waals surface area contributed by atoms with Crippen molar-refractivity contribution in [2.45, 2.75) is 13.0 Å². The van der Waals surface area contributed by atoms with Gasteiger partial charge < -0.3 is 19.5 Å². The van der Waals surface area contributed by atoms with Crippen molar-refractivity contribution in [1.82, 2.24) is 19.9 Å². The highest BCUT2D eigenvalue weighted by Gasteiger charge is 2.22. The summed E-state index contributed by atoms with van der Waals surface area (Å²) in [5.41, 5.74) is 5.71. The molecule has 0 radical (unpaired) electrons. The molecular weight excluding hydrogens is 443 g/mol. The summed E-state index contributed by atoms with van der Waals surface area (Å²) in [5.74, 6) is 0.825. The minimum Gasteiger partial charge on any atom is -0.490 e. The highest BCUT2D eigenvalue weighted by molar-refractivity contribution is 5.99. The van der Waals surface area contributed by atoms with Crippen LogP contribution in [0.3, 0.4) is 0 Å². The standard InChI is InChI=1S/C27H25FN6O/c1-33-8-9-35-24-5-4-19(11-22(24)33)26-25(18-2-3-20(12-29)21(28)10-18)27-23(14-31-26)34(16-32-27)15-17-6-7-30-13-17/h2-5,10-11,14,16-17,30H,6-9,13,15H2,1H3. The van der Waals surface area contributed by atoms with Crippen molar-refractivity contribution < 1.29 is 9.13 Å². The van der Waals surface area contributed by atoms with Crippen LogP contribution in [0.2, 0.25) is 0 Å². The van der Waals surface area contributed by atoms with Crippen LogP contribution in [-0.2, 0) is 6.54 Å². The Hall–Kier alpha value is -3.96. The molecule has 2 aliphatic heterocycles. The first-order chi connectivity index (χ1) is 17.1. The van der Waals surface area contributed by atoms with Crippen molar-refractivity contribution in [2.75, 3.05) is 38.2 Å². The number of nitrogens with one attached hydrogen (secondary N) is 1. The number of pyridine rings is 1. The molecular formula is C27H25FN6O. The fraction of sp³-hybridized carbons (Fsp3) is 0.296. The zero-order valence-electron chi connectivity index (χ0n) is 19.5. The second kappa shape index (κ2) is 8.67. The Morgan fingerprint density at radius 1 is 1.20 bits per heavy atom. The quantitative estimate of drug-likeness (QED) is 0.483. The third kappa shape index (κ3) is 3.78. The topological polar surface area (TPSA) is 79.0 Å². The monoisotopic (exact) mass is 468 g/mol. The van der Waals surface area contributed by atoms with Gasteiger partial charge >= 0.3 is 0 Å². The maximum absolute atomic E-state index is 14.7. The van der Waals surface area contributed by atoms with Gasteiger partial charge in [0.2, 0.25) is 0 Å². The number of nitriles is 1. The molecule has 7 nitrogen and oxygen atoms in total. The molecule has 1 atom stereocenters. The summed E-state index contributed by atoms with van der Waals surface area (Å²) in [6, 6.07) is 12.6. The summed E-state index contributed by atoms with van der Waals surface area (Å²) in [5, 5.41) is 12.6. The maximum atomic E-state index is 14.7. The molecule has 8 heteroatoms. The van der Waals surface area contributed by atoms with E-state index in [1.807, 2.05) is 37.8 Å². The first-order valence-corrected chi connectivity index (χ1v) is 11.9. The lowest BCUT2D eigenvalue weighted by Crippen LogP contribution is -2.28. The number of fused-ring (bicyclic) bond motifs is 2. The van der Waals surface area contributed by atoms with Crippen molar-refractivity contribution in [2.24, 2.45) is 5.92 Å². The Labute approximate surface area is 202 Å². The normalized spacial score (nSPS) is 17.3. The molecule has 6 rings (SSSR count). The minimum atomic E-state index is -0.553. The van der Waals surface area contributed by atoms with Gasteiger partial charge in [-0.2, -0.15) is 5.26 Å². The molecule has 176 valence electrons. The van der Waals surface area contributed by atoms with E-state index in [0.717, 1.165) is 71.9 Å². The van der Waals surface area contributed by atoms with Crippen LogP contribution in [0.25, 0.3) is 33.4 Å². The van der Waals surface area contributed by atoms with Gasteiger partial charge in [0.1, 0.15) is 29.8 Å². The molecule has 1 fully saturated rings. The third-order valence-corrected chi connectivity index (χ3v) is 6.99. The van der Waals surface area contributed by atoms with E-state index in [2.05, 4.69) is 20.9 Å². The zero-order valence-corrected chi connectivity index (χ0v) is 19.5. The summed E-state index contributed by atoms with van der Waals surface area (Å²) >= 11 is 0. The zero-order chi connectivity index (χ0) is 23.9. The highest BCUT2D eigenvalue weighted by Crippen LogP contribution is 2.40. The first kappa shape index (κ1) is 21.6. The molecule has 35 heavy (non-hydrogen) atoms. The Morgan fingerprint density at radius 3 is 2.89 bits per heavy atom. The first-order valence-electron chi connectivity index (χ1n) is 11.9. The van der Waals surface area contributed by atoms with E-state index < -0.39 is 5.82 Å². The molecule has 1 unspecified atom stereocenters. The number of halogens is 1. The highest BCUT2D eigenvalue weighted by atomic mass is 19.1. The average molecular weight is 469 g/mol. The molecule has 0 amide bonds. The molecule has 4 heterocycles. The fourth-order valence-corrected chi connectivity index (χ4v) is 5.07. The average Bonchev–Trinajstić information content (AvgIpc) is 3.54. The van der Waals surface area contributed by atoms with E-state index in [-0.39, 0.29) is 5.56 Å². The number of ether oxygens (including phenoxy) is 1. The van der Waals surface area contributed by atoms with Crippen LogP contribution in [0.15, 0.2) is 48.9 Å². The van der Waals surface area contributed by atoms with Gasteiger partial charge in [0.05, 0.1) is 41.5 Å². The predicted molar refractivity (Wildman–Crippen MR) is 133 cm³/mol. The minimum absolute atomic E-state index is 0.0160. The van der Waals surface area contributed by atoms with E-state index in [9.17, 15) is 9.65 Å². The van der Waals surface area contributed by atoms with Crippen molar-refractivity contribution in [1.29, 1.82) is 5.26 Å². The molecule has 4 aromatic rings. The van der Waals surface area contributed by atoms with Crippen LogP contribution < -0.4 is 15.0 Å². The van der Waals surface area contributed by atoms with Gasteiger partial charge in [-0.3, -0.25) is 4.98 Å². The maximum Gasteiger partial charge on any atom is 0.142 e. The molecule has 1 saturated heterocycles. The van der Waals surface area contributed by atoms with Crippen LogP contribution in [0.4, 0.5) is 10.1 Å². The van der Waals surface area contributed by atoms with Crippen LogP contribution in [0.1, 0.15) is 12.0 Å². The van der Waals surface area contributed by atoms with Gasteiger partial charge in [-0.25, -0.2) is 9.37 Å². The Morgan fingerprint density at radius 2 is 2.09 bits per heavy atom. The number of likely N-dealkylation sites (N-methyl/N-ethyl adjacent to an activating group) is 1. The summed E-state index contributed by atoms with van der Waals surface area (Å²) in [4.78, 5) is 11.8. The molecule has 1 N–H and O–H groups in total. The van der Waals surface area contributed by atoms with Crippen LogP contribution >= 0.6 is 0 Å². The van der Waals surface area contributed by atoms with Gasteiger partial charge in [0.15, 0.2) is 0 Å². The Kier molecular flexibility index (Phi) is 5.34. The number of benzene rings is 2. The third-order valence-electron chi connectivity index (χ3n) is 6.99. The summed E-state index contributed by atoms with van der Waals surface area (Å²) in [7, 11) is 2.04. The molecule has 0 bridgehead atoms. The molecule has 2 aromatic carbocycles. The molecule has 2 aliphatic rings. The SMILES string of the molecule is CN1CCOc2ccc(-c3ncc4c(ncn4CC4CCNC4)c3-c3ccc(C#N)c(F)c3)cc21. The Balaban J connectivity index is 1.54. The number of rotatable bonds is 4. The lowest BCUT2D eigenvalue weighted by molar-refractivity contribution is 0.311. The number of nitrogens with zero attached hydrogens (tertiary/aromatic N) is 5. The number of hydrogen-bond donors (Lipinski definition) is 1. The van der Waals surface area contributed by atoms with Crippen molar-refractivity contribution in [3.05, 3.63) is 60.3 Å². The largest absolute Gasteiger partial charge is 0.490 e. The molecule has 0 aliphatic carbocycles. The molecule has 0 spiro atoms. The van der Waals surface area contributed by atoms with E-state index in [0.29, 0.717) is 18.1 Å².